The second-order valence-corrected chi connectivity index (χ2v) is 4.68. The van der Waals surface area contributed by atoms with Gasteiger partial charge in [0.2, 0.25) is 5.91 Å². The van der Waals surface area contributed by atoms with Gasteiger partial charge in [0.15, 0.2) is 0 Å². The van der Waals surface area contributed by atoms with Crippen LogP contribution in [0, 0.1) is 13.8 Å². The minimum atomic E-state index is -0.319. The maximum atomic E-state index is 11.3. The summed E-state index contributed by atoms with van der Waals surface area (Å²) in [5.74, 6) is -0.312. The van der Waals surface area contributed by atoms with Gasteiger partial charge in [0.1, 0.15) is 6.04 Å². The van der Waals surface area contributed by atoms with Crippen LogP contribution in [0.5, 0.6) is 0 Å². The fourth-order valence-corrected chi connectivity index (χ4v) is 2.11. The van der Waals surface area contributed by atoms with Crippen LogP contribution in [-0.4, -0.2) is 32.1 Å². The van der Waals surface area contributed by atoms with Crippen LogP contribution in [0.3, 0.4) is 0 Å². The summed E-state index contributed by atoms with van der Waals surface area (Å²) in [6.45, 7) is 7.42. The SMILES string of the molecule is CCNC(CN(C)c1ccc(C)cc1C)C(N)=O. The summed E-state index contributed by atoms with van der Waals surface area (Å²) in [6.07, 6.45) is 0. The maximum absolute atomic E-state index is 11.3. The van der Waals surface area contributed by atoms with Gasteiger partial charge in [-0.1, -0.05) is 24.6 Å². The number of hydrogen-bond donors (Lipinski definition) is 2. The van der Waals surface area contributed by atoms with E-state index < -0.39 is 0 Å². The Morgan fingerprint density at radius 2 is 2.11 bits per heavy atom. The lowest BCUT2D eigenvalue weighted by Gasteiger charge is -2.26. The molecule has 0 heterocycles. The highest BCUT2D eigenvalue weighted by Crippen LogP contribution is 2.19. The highest BCUT2D eigenvalue weighted by atomic mass is 16.1. The van der Waals surface area contributed by atoms with Crippen molar-refractivity contribution < 1.29 is 4.79 Å². The highest BCUT2D eigenvalue weighted by Gasteiger charge is 2.17. The van der Waals surface area contributed by atoms with E-state index in [9.17, 15) is 4.79 Å². The van der Waals surface area contributed by atoms with Gasteiger partial charge in [-0.2, -0.15) is 0 Å². The van der Waals surface area contributed by atoms with Crippen molar-refractivity contribution in [3.63, 3.8) is 0 Å². The molecule has 0 saturated carbocycles. The van der Waals surface area contributed by atoms with E-state index in [0.717, 1.165) is 12.2 Å². The number of nitrogens with one attached hydrogen (secondary N) is 1. The minimum Gasteiger partial charge on any atom is -0.372 e. The number of hydrogen-bond acceptors (Lipinski definition) is 3. The van der Waals surface area contributed by atoms with E-state index >= 15 is 0 Å². The van der Waals surface area contributed by atoms with E-state index in [2.05, 4.69) is 42.3 Å². The van der Waals surface area contributed by atoms with Crippen LogP contribution in [0.25, 0.3) is 0 Å². The number of benzene rings is 1. The zero-order valence-electron chi connectivity index (χ0n) is 11.7. The number of likely N-dealkylation sites (N-methyl/N-ethyl adjacent to an activating group) is 2. The van der Waals surface area contributed by atoms with Crippen LogP contribution in [0.15, 0.2) is 18.2 Å². The quantitative estimate of drug-likeness (QED) is 0.796. The standard InChI is InChI=1S/C14H23N3O/c1-5-16-12(14(15)18)9-17(4)13-7-6-10(2)8-11(13)3/h6-8,12,16H,5,9H2,1-4H3,(H2,15,18). The van der Waals surface area contributed by atoms with E-state index in [4.69, 9.17) is 5.73 Å². The van der Waals surface area contributed by atoms with E-state index in [1.807, 2.05) is 14.0 Å². The average molecular weight is 249 g/mol. The van der Waals surface area contributed by atoms with E-state index in [1.165, 1.54) is 11.1 Å². The van der Waals surface area contributed by atoms with Crippen molar-refractivity contribution in [2.24, 2.45) is 5.73 Å². The Labute approximate surface area is 109 Å². The average Bonchev–Trinajstić information content (AvgIpc) is 2.27. The smallest absolute Gasteiger partial charge is 0.236 e. The number of aryl methyl sites for hydroxylation is 2. The second-order valence-electron chi connectivity index (χ2n) is 4.68. The highest BCUT2D eigenvalue weighted by molar-refractivity contribution is 5.80. The number of rotatable bonds is 6. The molecule has 1 atom stereocenters. The number of carbonyl (C=O) groups excluding carboxylic acids is 1. The molecule has 0 aliphatic rings. The zero-order chi connectivity index (χ0) is 13.7. The first-order valence-electron chi connectivity index (χ1n) is 6.26. The molecule has 0 aliphatic heterocycles. The lowest BCUT2D eigenvalue weighted by Crippen LogP contribution is -2.48. The van der Waals surface area contributed by atoms with Crippen LogP contribution in [0.1, 0.15) is 18.1 Å². The van der Waals surface area contributed by atoms with Crippen molar-refractivity contribution >= 4 is 11.6 Å². The lowest BCUT2D eigenvalue weighted by atomic mass is 10.1. The van der Waals surface area contributed by atoms with Gasteiger partial charge >= 0.3 is 0 Å². The molecule has 0 aliphatic carbocycles. The van der Waals surface area contributed by atoms with Gasteiger partial charge in [0.25, 0.3) is 0 Å². The number of nitrogens with zero attached hydrogens (tertiary/aromatic N) is 1. The van der Waals surface area contributed by atoms with Crippen molar-refractivity contribution in [2.45, 2.75) is 26.8 Å². The van der Waals surface area contributed by atoms with Crippen molar-refractivity contribution in [1.82, 2.24) is 5.32 Å². The van der Waals surface area contributed by atoms with Gasteiger partial charge in [0.05, 0.1) is 0 Å². The maximum Gasteiger partial charge on any atom is 0.236 e. The van der Waals surface area contributed by atoms with Crippen LogP contribution in [0.4, 0.5) is 5.69 Å². The Morgan fingerprint density at radius 1 is 1.44 bits per heavy atom. The van der Waals surface area contributed by atoms with Gasteiger partial charge in [-0.15, -0.1) is 0 Å². The summed E-state index contributed by atoms with van der Waals surface area (Å²) < 4.78 is 0. The van der Waals surface area contributed by atoms with Gasteiger partial charge in [0, 0.05) is 19.3 Å². The number of anilines is 1. The molecule has 0 fully saturated rings. The third-order valence-electron chi connectivity index (χ3n) is 3.01. The molecule has 1 aromatic carbocycles. The van der Waals surface area contributed by atoms with E-state index in [0.29, 0.717) is 6.54 Å². The van der Waals surface area contributed by atoms with Crippen molar-refractivity contribution in [3.8, 4) is 0 Å². The zero-order valence-corrected chi connectivity index (χ0v) is 11.7. The molecule has 4 heteroatoms. The second kappa shape index (κ2) is 6.40. The molecule has 100 valence electrons. The molecule has 0 radical (unpaired) electrons. The molecule has 0 aromatic heterocycles. The first-order valence-corrected chi connectivity index (χ1v) is 6.26. The van der Waals surface area contributed by atoms with Crippen LogP contribution >= 0.6 is 0 Å². The molecule has 1 aromatic rings. The Balaban J connectivity index is 2.80. The molecule has 0 spiro atoms. The number of amides is 1. The van der Waals surface area contributed by atoms with Crippen molar-refractivity contribution in [1.29, 1.82) is 0 Å². The predicted molar refractivity (Wildman–Crippen MR) is 75.8 cm³/mol. The topological polar surface area (TPSA) is 58.4 Å². The Hall–Kier alpha value is -1.55. The molecular weight excluding hydrogens is 226 g/mol. The van der Waals surface area contributed by atoms with Crippen LogP contribution in [-0.2, 0) is 4.79 Å². The summed E-state index contributed by atoms with van der Waals surface area (Å²) >= 11 is 0. The molecular formula is C14H23N3O. The number of carbonyl (C=O) groups is 1. The Morgan fingerprint density at radius 3 is 2.61 bits per heavy atom. The first-order chi connectivity index (χ1) is 8.45. The van der Waals surface area contributed by atoms with Crippen molar-refractivity contribution in [2.75, 3.05) is 25.0 Å². The Bertz CT molecular complexity index is 418. The normalized spacial score (nSPS) is 12.2. The van der Waals surface area contributed by atoms with Crippen LogP contribution in [0.2, 0.25) is 0 Å². The summed E-state index contributed by atoms with van der Waals surface area (Å²) in [5, 5.41) is 3.10. The molecule has 4 nitrogen and oxygen atoms in total. The molecule has 0 bridgehead atoms. The lowest BCUT2D eigenvalue weighted by molar-refractivity contribution is -0.119. The fourth-order valence-electron chi connectivity index (χ4n) is 2.11. The fraction of sp³-hybridized carbons (Fsp3) is 0.500. The summed E-state index contributed by atoms with van der Waals surface area (Å²) in [5.41, 5.74) is 8.96. The summed E-state index contributed by atoms with van der Waals surface area (Å²) in [6, 6.07) is 5.97. The third-order valence-corrected chi connectivity index (χ3v) is 3.01. The number of primary amides is 1. The van der Waals surface area contributed by atoms with Gasteiger partial charge < -0.3 is 16.0 Å². The molecule has 1 rings (SSSR count). The van der Waals surface area contributed by atoms with Gasteiger partial charge in [-0.05, 0) is 32.0 Å². The third kappa shape index (κ3) is 3.74. The predicted octanol–water partition coefficient (Wildman–Crippen LogP) is 1.20. The molecule has 1 amide bonds. The van der Waals surface area contributed by atoms with Gasteiger partial charge in [-0.3, -0.25) is 4.79 Å². The number of nitrogens with two attached hydrogens (primary N) is 1. The molecule has 0 saturated heterocycles. The Kier molecular flexibility index (Phi) is 5.16. The van der Waals surface area contributed by atoms with Crippen molar-refractivity contribution in [3.05, 3.63) is 29.3 Å². The van der Waals surface area contributed by atoms with E-state index in [1.54, 1.807) is 0 Å². The van der Waals surface area contributed by atoms with Crippen LogP contribution < -0.4 is 16.0 Å². The summed E-state index contributed by atoms with van der Waals surface area (Å²) in [4.78, 5) is 13.4. The summed E-state index contributed by atoms with van der Waals surface area (Å²) in [7, 11) is 1.98. The molecule has 3 N–H and O–H groups in total. The first kappa shape index (κ1) is 14.5. The molecule has 1 unspecified atom stereocenters. The largest absolute Gasteiger partial charge is 0.372 e. The minimum absolute atomic E-state index is 0.312. The van der Waals surface area contributed by atoms with E-state index in [-0.39, 0.29) is 11.9 Å². The molecule has 18 heavy (non-hydrogen) atoms. The monoisotopic (exact) mass is 249 g/mol. The van der Waals surface area contributed by atoms with Gasteiger partial charge in [-0.25, -0.2) is 0 Å².